The average Bonchev–Trinajstić information content (AvgIpc) is 3.09. The number of amides is 1. The number of hydrogen-bond donors (Lipinski definition) is 1. The molecule has 1 aromatic carbocycles. The van der Waals surface area contributed by atoms with Crippen LogP contribution in [0.15, 0.2) is 12.1 Å². The van der Waals surface area contributed by atoms with Gasteiger partial charge in [-0.2, -0.15) is 0 Å². The SMILES string of the molecule is CCC(CC)c1nnc(NC(=O)c2cc(OC)c(OC)cc2OC)s1. The number of nitrogens with zero attached hydrogens (tertiary/aromatic N) is 2. The number of carbonyl (C=O) groups excluding carboxylic acids is 1. The average molecular weight is 365 g/mol. The summed E-state index contributed by atoms with van der Waals surface area (Å²) in [5.74, 6) is 1.34. The third-order valence-electron chi connectivity index (χ3n) is 3.95. The zero-order chi connectivity index (χ0) is 18.4. The maximum Gasteiger partial charge on any atom is 0.261 e. The van der Waals surface area contributed by atoms with E-state index in [0.717, 1.165) is 17.8 Å². The lowest BCUT2D eigenvalue weighted by Crippen LogP contribution is -2.13. The lowest BCUT2D eigenvalue weighted by Gasteiger charge is -2.13. The molecule has 0 unspecified atom stereocenters. The molecular weight excluding hydrogens is 342 g/mol. The third-order valence-corrected chi connectivity index (χ3v) is 4.95. The van der Waals surface area contributed by atoms with Crippen LogP contribution in [0.25, 0.3) is 0 Å². The monoisotopic (exact) mass is 365 g/mol. The molecule has 0 bridgehead atoms. The first-order valence-corrected chi connectivity index (χ1v) is 8.84. The molecule has 1 aromatic heterocycles. The fraction of sp³-hybridized carbons (Fsp3) is 0.471. The first-order chi connectivity index (χ1) is 12.1. The van der Waals surface area contributed by atoms with Crippen LogP contribution in [0, 0.1) is 0 Å². The van der Waals surface area contributed by atoms with Gasteiger partial charge in [0, 0.05) is 18.1 Å². The fourth-order valence-corrected chi connectivity index (χ4v) is 3.46. The highest BCUT2D eigenvalue weighted by atomic mass is 32.1. The number of carbonyl (C=O) groups is 1. The van der Waals surface area contributed by atoms with Gasteiger partial charge in [0.1, 0.15) is 10.8 Å². The molecule has 0 aliphatic heterocycles. The summed E-state index contributed by atoms with van der Waals surface area (Å²) in [6, 6.07) is 3.19. The normalized spacial score (nSPS) is 10.6. The van der Waals surface area contributed by atoms with Crippen LogP contribution in [-0.4, -0.2) is 37.4 Å². The van der Waals surface area contributed by atoms with E-state index in [9.17, 15) is 4.79 Å². The Kier molecular flexibility index (Phi) is 6.58. The molecule has 7 nitrogen and oxygen atoms in total. The maximum absolute atomic E-state index is 12.6. The number of nitrogens with one attached hydrogen (secondary N) is 1. The number of hydrogen-bond acceptors (Lipinski definition) is 7. The van der Waals surface area contributed by atoms with Gasteiger partial charge in [0.05, 0.1) is 26.9 Å². The van der Waals surface area contributed by atoms with Gasteiger partial charge in [0.15, 0.2) is 11.5 Å². The predicted octanol–water partition coefficient (Wildman–Crippen LogP) is 3.72. The van der Waals surface area contributed by atoms with Crippen LogP contribution in [-0.2, 0) is 0 Å². The second kappa shape index (κ2) is 8.66. The number of ether oxygens (including phenoxy) is 3. The van der Waals surface area contributed by atoms with Crippen LogP contribution in [0.4, 0.5) is 5.13 Å². The van der Waals surface area contributed by atoms with Crippen molar-refractivity contribution in [2.24, 2.45) is 0 Å². The minimum Gasteiger partial charge on any atom is -0.496 e. The summed E-state index contributed by atoms with van der Waals surface area (Å²) >= 11 is 1.39. The van der Waals surface area contributed by atoms with Crippen LogP contribution < -0.4 is 19.5 Å². The highest BCUT2D eigenvalue weighted by Crippen LogP contribution is 2.35. The molecule has 2 rings (SSSR count). The summed E-state index contributed by atoms with van der Waals surface area (Å²) in [5, 5.41) is 12.4. The molecule has 0 saturated carbocycles. The molecule has 0 fully saturated rings. The van der Waals surface area contributed by atoms with Crippen molar-refractivity contribution in [3.05, 3.63) is 22.7 Å². The minimum absolute atomic E-state index is 0.333. The number of anilines is 1. The van der Waals surface area contributed by atoms with E-state index in [2.05, 4.69) is 29.4 Å². The summed E-state index contributed by atoms with van der Waals surface area (Å²) < 4.78 is 15.8. The highest BCUT2D eigenvalue weighted by molar-refractivity contribution is 7.15. The van der Waals surface area contributed by atoms with Gasteiger partial charge in [-0.3, -0.25) is 10.1 Å². The van der Waals surface area contributed by atoms with Gasteiger partial charge >= 0.3 is 0 Å². The largest absolute Gasteiger partial charge is 0.496 e. The molecule has 136 valence electrons. The van der Waals surface area contributed by atoms with Gasteiger partial charge in [0.2, 0.25) is 5.13 Å². The number of methoxy groups -OCH3 is 3. The Morgan fingerprint density at radius 3 is 2.20 bits per heavy atom. The summed E-state index contributed by atoms with van der Waals surface area (Å²) in [6.07, 6.45) is 1.98. The van der Waals surface area contributed by atoms with E-state index >= 15 is 0 Å². The molecule has 0 saturated heterocycles. The fourth-order valence-electron chi connectivity index (χ4n) is 2.46. The topological polar surface area (TPSA) is 82.6 Å². The molecule has 2 aromatic rings. The quantitative estimate of drug-likeness (QED) is 0.768. The van der Waals surface area contributed by atoms with Crippen molar-refractivity contribution in [3.63, 3.8) is 0 Å². The van der Waals surface area contributed by atoms with E-state index in [4.69, 9.17) is 14.2 Å². The second-order valence-corrected chi connectivity index (χ2v) is 6.33. The van der Waals surface area contributed by atoms with Gasteiger partial charge in [-0.25, -0.2) is 0 Å². The van der Waals surface area contributed by atoms with Gasteiger partial charge in [-0.1, -0.05) is 25.2 Å². The van der Waals surface area contributed by atoms with Crippen molar-refractivity contribution in [2.45, 2.75) is 32.6 Å². The van der Waals surface area contributed by atoms with E-state index in [-0.39, 0.29) is 5.91 Å². The van der Waals surface area contributed by atoms with Gasteiger partial charge in [-0.05, 0) is 12.8 Å². The third kappa shape index (κ3) is 4.19. The Morgan fingerprint density at radius 2 is 1.64 bits per heavy atom. The van der Waals surface area contributed by atoms with E-state index in [1.54, 1.807) is 12.1 Å². The molecule has 0 aliphatic rings. The number of aromatic nitrogens is 2. The summed E-state index contributed by atoms with van der Waals surface area (Å²) in [7, 11) is 4.53. The van der Waals surface area contributed by atoms with E-state index in [0.29, 0.717) is 33.9 Å². The van der Waals surface area contributed by atoms with Crippen LogP contribution in [0.3, 0.4) is 0 Å². The molecule has 1 amide bonds. The Bertz CT molecular complexity index is 729. The lowest BCUT2D eigenvalue weighted by molar-refractivity contribution is 0.102. The molecule has 1 heterocycles. The van der Waals surface area contributed by atoms with Crippen LogP contribution in [0.2, 0.25) is 0 Å². The van der Waals surface area contributed by atoms with E-state index in [1.165, 1.54) is 32.7 Å². The van der Waals surface area contributed by atoms with E-state index < -0.39 is 0 Å². The smallest absolute Gasteiger partial charge is 0.261 e. The standard InChI is InChI=1S/C17H23N3O4S/c1-6-10(7-2)16-19-20-17(25-16)18-15(21)11-8-13(23-4)14(24-5)9-12(11)22-3/h8-10H,6-7H2,1-5H3,(H,18,20,21). The van der Waals surface area contributed by atoms with Gasteiger partial charge in [-0.15, -0.1) is 10.2 Å². The van der Waals surface area contributed by atoms with Gasteiger partial charge < -0.3 is 14.2 Å². The predicted molar refractivity (Wildman–Crippen MR) is 97.3 cm³/mol. The van der Waals surface area contributed by atoms with Crippen LogP contribution >= 0.6 is 11.3 Å². The number of benzene rings is 1. The van der Waals surface area contributed by atoms with Crippen LogP contribution in [0.1, 0.15) is 48.0 Å². The van der Waals surface area contributed by atoms with Crippen molar-refractivity contribution in [2.75, 3.05) is 26.6 Å². The van der Waals surface area contributed by atoms with Crippen LogP contribution in [0.5, 0.6) is 17.2 Å². The Labute approximate surface area is 151 Å². The highest BCUT2D eigenvalue weighted by Gasteiger charge is 2.20. The first-order valence-electron chi connectivity index (χ1n) is 8.02. The Hall–Kier alpha value is -2.35. The second-order valence-electron chi connectivity index (χ2n) is 5.32. The maximum atomic E-state index is 12.6. The summed E-state index contributed by atoms with van der Waals surface area (Å²) in [6.45, 7) is 4.23. The minimum atomic E-state index is -0.343. The number of rotatable bonds is 8. The summed E-state index contributed by atoms with van der Waals surface area (Å²) in [5.41, 5.74) is 0.333. The van der Waals surface area contributed by atoms with Crippen molar-refractivity contribution >= 4 is 22.4 Å². The molecule has 0 aliphatic carbocycles. The first kappa shape index (κ1) is 19.0. The zero-order valence-corrected chi connectivity index (χ0v) is 15.9. The molecule has 25 heavy (non-hydrogen) atoms. The lowest BCUT2D eigenvalue weighted by atomic mass is 10.1. The Balaban J connectivity index is 2.26. The molecule has 1 N–H and O–H groups in total. The molecular formula is C17H23N3O4S. The van der Waals surface area contributed by atoms with Crippen molar-refractivity contribution in [1.82, 2.24) is 10.2 Å². The molecule has 0 atom stereocenters. The summed E-state index contributed by atoms with van der Waals surface area (Å²) in [4.78, 5) is 12.6. The van der Waals surface area contributed by atoms with Crippen molar-refractivity contribution in [3.8, 4) is 17.2 Å². The Morgan fingerprint density at radius 1 is 1.04 bits per heavy atom. The van der Waals surface area contributed by atoms with E-state index in [1.807, 2.05) is 0 Å². The van der Waals surface area contributed by atoms with Crippen molar-refractivity contribution in [1.29, 1.82) is 0 Å². The molecule has 0 radical (unpaired) electrons. The van der Waals surface area contributed by atoms with Gasteiger partial charge in [0.25, 0.3) is 5.91 Å². The zero-order valence-electron chi connectivity index (χ0n) is 15.1. The molecule has 0 spiro atoms. The van der Waals surface area contributed by atoms with Crippen molar-refractivity contribution < 1.29 is 19.0 Å². The molecule has 8 heteroatoms.